The molecule has 1 saturated carbocycles. The van der Waals surface area contributed by atoms with Crippen molar-refractivity contribution in [3.63, 3.8) is 0 Å². The van der Waals surface area contributed by atoms with Gasteiger partial charge in [-0.15, -0.1) is 0 Å². The first kappa shape index (κ1) is 10.3. The molecule has 2 aliphatic carbocycles. The van der Waals surface area contributed by atoms with Crippen LogP contribution < -0.4 is 16.6 Å². The van der Waals surface area contributed by atoms with Crippen LogP contribution in [-0.4, -0.2) is 6.03 Å². The van der Waals surface area contributed by atoms with E-state index in [4.69, 9.17) is 5.73 Å². The number of hydrogen-bond acceptors (Lipinski definition) is 2. The predicted molar refractivity (Wildman–Crippen MR) is 58.5 cm³/mol. The van der Waals surface area contributed by atoms with Gasteiger partial charge in [0.05, 0.1) is 0 Å². The van der Waals surface area contributed by atoms with Gasteiger partial charge in [-0.1, -0.05) is 26.8 Å². The van der Waals surface area contributed by atoms with E-state index in [0.29, 0.717) is 5.92 Å². The molecule has 2 bridgehead atoms. The average Bonchev–Trinajstić information content (AvgIpc) is 2.46. The second-order valence-electron chi connectivity index (χ2n) is 5.39. The Morgan fingerprint density at radius 3 is 2.60 bits per heavy atom. The Morgan fingerprint density at radius 2 is 2.20 bits per heavy atom. The second-order valence-corrected chi connectivity index (χ2v) is 5.39. The van der Waals surface area contributed by atoms with Crippen LogP contribution in [-0.2, 0) is 0 Å². The highest BCUT2D eigenvalue weighted by Gasteiger charge is 2.57. The second kappa shape index (κ2) is 2.90. The van der Waals surface area contributed by atoms with Crippen LogP contribution in [0.3, 0.4) is 0 Å². The van der Waals surface area contributed by atoms with Crippen LogP contribution in [0.1, 0.15) is 33.6 Å². The lowest BCUT2D eigenvalue weighted by atomic mass is 9.69. The third kappa shape index (κ3) is 1.24. The molecule has 0 aromatic rings. The molecule has 15 heavy (non-hydrogen) atoms. The van der Waals surface area contributed by atoms with E-state index in [1.165, 1.54) is 12.8 Å². The lowest BCUT2D eigenvalue weighted by Crippen LogP contribution is -2.45. The molecular formula is C11H19N3O. The molecule has 0 saturated heterocycles. The lowest BCUT2D eigenvalue weighted by molar-refractivity contribution is 0.161. The van der Waals surface area contributed by atoms with E-state index in [1.807, 2.05) is 0 Å². The van der Waals surface area contributed by atoms with Crippen LogP contribution in [0.4, 0.5) is 4.79 Å². The first-order valence-electron chi connectivity index (χ1n) is 5.42. The van der Waals surface area contributed by atoms with Gasteiger partial charge in [0.15, 0.2) is 0 Å². The Kier molecular flexibility index (Phi) is 2.00. The quantitative estimate of drug-likeness (QED) is 0.603. The summed E-state index contributed by atoms with van der Waals surface area (Å²) >= 11 is 0. The fraction of sp³-hybridized carbons (Fsp3) is 0.727. The number of hydrogen-bond donors (Lipinski definition) is 3. The van der Waals surface area contributed by atoms with Crippen molar-refractivity contribution in [2.45, 2.75) is 33.6 Å². The standard InChI is InChI=1S/C11H19N3O/c1-10(2)7-4-5-11(10,3)8(6-7)13-14-9(12)15/h6-7,13H,4-5H2,1-3H3,(H3,12,14,15)/t7-,11-/m0/s1. The summed E-state index contributed by atoms with van der Waals surface area (Å²) in [6, 6.07) is -0.542. The molecular weight excluding hydrogens is 190 g/mol. The first-order chi connectivity index (χ1) is 6.88. The van der Waals surface area contributed by atoms with Gasteiger partial charge in [-0.2, -0.15) is 0 Å². The van der Waals surface area contributed by atoms with Crippen LogP contribution in [0.2, 0.25) is 0 Å². The van der Waals surface area contributed by atoms with Crippen LogP contribution in [0, 0.1) is 16.7 Å². The highest BCUT2D eigenvalue weighted by molar-refractivity contribution is 5.71. The van der Waals surface area contributed by atoms with Gasteiger partial charge in [-0.25, -0.2) is 4.79 Å². The minimum atomic E-state index is -0.542. The van der Waals surface area contributed by atoms with Crippen molar-refractivity contribution in [3.05, 3.63) is 11.8 Å². The van der Waals surface area contributed by atoms with Gasteiger partial charge in [-0.3, -0.25) is 5.43 Å². The Hall–Kier alpha value is -1.19. The number of carbonyl (C=O) groups is 1. The van der Waals surface area contributed by atoms with Gasteiger partial charge in [-0.05, 0) is 24.2 Å². The maximum atomic E-state index is 10.6. The molecule has 2 amide bonds. The van der Waals surface area contributed by atoms with Crippen LogP contribution in [0.25, 0.3) is 0 Å². The van der Waals surface area contributed by atoms with Gasteiger partial charge in [0.2, 0.25) is 0 Å². The maximum absolute atomic E-state index is 10.6. The number of amides is 2. The summed E-state index contributed by atoms with van der Waals surface area (Å²) in [6.45, 7) is 6.84. The third-order valence-corrected chi connectivity index (χ3v) is 4.59. The summed E-state index contributed by atoms with van der Waals surface area (Å²) in [7, 11) is 0. The summed E-state index contributed by atoms with van der Waals surface area (Å²) < 4.78 is 0. The largest absolute Gasteiger partial charge is 0.350 e. The van der Waals surface area contributed by atoms with E-state index in [2.05, 4.69) is 37.7 Å². The molecule has 4 nitrogen and oxygen atoms in total. The molecule has 0 aliphatic heterocycles. The number of rotatable bonds is 2. The minimum absolute atomic E-state index is 0.139. The van der Waals surface area contributed by atoms with Gasteiger partial charge in [0, 0.05) is 11.1 Å². The van der Waals surface area contributed by atoms with E-state index in [-0.39, 0.29) is 10.8 Å². The highest BCUT2D eigenvalue weighted by atomic mass is 16.2. The normalized spacial score (nSPS) is 36.2. The summed E-state index contributed by atoms with van der Waals surface area (Å²) in [5, 5.41) is 0. The van der Waals surface area contributed by atoms with Gasteiger partial charge >= 0.3 is 6.03 Å². The topological polar surface area (TPSA) is 67.2 Å². The maximum Gasteiger partial charge on any atom is 0.330 e. The van der Waals surface area contributed by atoms with Gasteiger partial charge in [0.1, 0.15) is 0 Å². The van der Waals surface area contributed by atoms with Crippen molar-refractivity contribution in [3.8, 4) is 0 Å². The van der Waals surface area contributed by atoms with E-state index < -0.39 is 6.03 Å². The zero-order valence-corrected chi connectivity index (χ0v) is 9.55. The molecule has 84 valence electrons. The Bertz CT molecular complexity index is 335. The number of urea groups is 1. The van der Waals surface area contributed by atoms with Crippen LogP contribution in [0.5, 0.6) is 0 Å². The van der Waals surface area contributed by atoms with E-state index in [9.17, 15) is 4.79 Å². The fourth-order valence-corrected chi connectivity index (χ4v) is 3.00. The molecule has 0 heterocycles. The molecule has 0 unspecified atom stereocenters. The number of carbonyl (C=O) groups excluding carboxylic acids is 1. The van der Waals surface area contributed by atoms with Gasteiger partial charge < -0.3 is 11.2 Å². The molecule has 1 fully saturated rings. The predicted octanol–water partition coefficient (Wildman–Crippen LogP) is 1.50. The fourth-order valence-electron chi connectivity index (χ4n) is 3.00. The molecule has 4 heteroatoms. The van der Waals surface area contributed by atoms with E-state index >= 15 is 0 Å². The smallest absolute Gasteiger partial charge is 0.330 e. The van der Waals surface area contributed by atoms with E-state index in [1.54, 1.807) is 0 Å². The monoisotopic (exact) mass is 209 g/mol. The molecule has 0 aromatic carbocycles. The Balaban J connectivity index is 2.16. The Labute approximate surface area is 90.3 Å². The van der Waals surface area contributed by atoms with Gasteiger partial charge in [0.25, 0.3) is 0 Å². The number of fused-ring (bicyclic) bond motifs is 2. The Morgan fingerprint density at radius 1 is 1.53 bits per heavy atom. The minimum Gasteiger partial charge on any atom is -0.350 e. The van der Waals surface area contributed by atoms with E-state index in [0.717, 1.165) is 5.70 Å². The first-order valence-corrected chi connectivity index (χ1v) is 5.42. The van der Waals surface area contributed by atoms with Crippen LogP contribution >= 0.6 is 0 Å². The number of hydrazine groups is 1. The van der Waals surface area contributed by atoms with Crippen molar-refractivity contribution in [1.82, 2.24) is 10.9 Å². The zero-order valence-electron chi connectivity index (χ0n) is 9.55. The molecule has 2 atom stereocenters. The SMILES string of the molecule is CC1(C)[C@@H]2C=C(NNC(N)=O)[C@]1(C)CC2. The lowest BCUT2D eigenvalue weighted by Gasteiger charge is -2.37. The zero-order chi connectivity index (χ0) is 11.3. The average molecular weight is 209 g/mol. The molecule has 2 aliphatic rings. The van der Waals surface area contributed by atoms with Crippen molar-refractivity contribution < 1.29 is 4.79 Å². The summed E-state index contributed by atoms with van der Waals surface area (Å²) in [6.07, 6.45) is 4.65. The molecule has 0 aromatic heterocycles. The van der Waals surface area contributed by atoms with Crippen molar-refractivity contribution in [1.29, 1.82) is 0 Å². The summed E-state index contributed by atoms with van der Waals surface area (Å²) in [5.41, 5.74) is 12.0. The summed E-state index contributed by atoms with van der Waals surface area (Å²) in [5.74, 6) is 0.611. The third-order valence-electron chi connectivity index (χ3n) is 4.59. The van der Waals surface area contributed by atoms with Crippen molar-refractivity contribution in [2.24, 2.45) is 22.5 Å². The summed E-state index contributed by atoms with van der Waals surface area (Å²) in [4.78, 5) is 10.6. The van der Waals surface area contributed by atoms with Crippen molar-refractivity contribution in [2.75, 3.05) is 0 Å². The molecule has 4 N–H and O–H groups in total. The number of nitrogens with one attached hydrogen (secondary N) is 2. The molecule has 2 rings (SSSR count). The number of allylic oxidation sites excluding steroid dienone is 2. The number of nitrogens with two attached hydrogens (primary N) is 1. The highest BCUT2D eigenvalue weighted by Crippen LogP contribution is 2.64. The molecule has 0 radical (unpaired) electrons. The molecule has 0 spiro atoms. The van der Waals surface area contributed by atoms with Crippen LogP contribution in [0.15, 0.2) is 11.8 Å². The number of primary amides is 1. The van der Waals surface area contributed by atoms with Crippen molar-refractivity contribution >= 4 is 6.03 Å².